The molecule has 0 spiro atoms. The normalized spacial score (nSPS) is 13.3. The van der Waals surface area contributed by atoms with Gasteiger partial charge in [0.1, 0.15) is 0 Å². The SMILES string of the molecule is Cc1cc2nccc(=O)n2nc1N1CCc2ncc(Nc3cnccc3Cl)cc2C1. The number of nitrogens with zero attached hydrogens (tertiary/aromatic N) is 6. The van der Waals surface area contributed by atoms with Crippen molar-refractivity contribution >= 4 is 34.4 Å². The van der Waals surface area contributed by atoms with Crippen LogP contribution in [0, 0.1) is 6.92 Å². The van der Waals surface area contributed by atoms with Gasteiger partial charge in [-0.25, -0.2) is 4.98 Å². The molecule has 0 aliphatic carbocycles. The number of aromatic nitrogens is 5. The van der Waals surface area contributed by atoms with Gasteiger partial charge in [-0.05, 0) is 36.2 Å². The van der Waals surface area contributed by atoms with Crippen LogP contribution in [-0.4, -0.2) is 31.1 Å². The van der Waals surface area contributed by atoms with Crippen LogP contribution in [0.25, 0.3) is 5.65 Å². The molecule has 0 aromatic carbocycles. The molecule has 0 radical (unpaired) electrons. The minimum Gasteiger partial charge on any atom is -0.352 e. The van der Waals surface area contributed by atoms with Crippen molar-refractivity contribution < 1.29 is 0 Å². The number of anilines is 3. The van der Waals surface area contributed by atoms with E-state index in [2.05, 4.69) is 36.3 Å². The molecular formula is C21H18ClN7O. The van der Waals surface area contributed by atoms with E-state index < -0.39 is 0 Å². The van der Waals surface area contributed by atoms with E-state index in [1.807, 2.05) is 19.2 Å². The summed E-state index contributed by atoms with van der Waals surface area (Å²) in [6, 6.07) is 7.11. The topological polar surface area (TPSA) is 88.3 Å². The monoisotopic (exact) mass is 419 g/mol. The average Bonchev–Trinajstić information content (AvgIpc) is 2.75. The van der Waals surface area contributed by atoms with Gasteiger partial charge in [0.25, 0.3) is 5.56 Å². The van der Waals surface area contributed by atoms with Crippen LogP contribution in [0.15, 0.2) is 53.8 Å². The summed E-state index contributed by atoms with van der Waals surface area (Å²) in [6.45, 7) is 3.40. The van der Waals surface area contributed by atoms with Crippen molar-refractivity contribution in [1.82, 2.24) is 24.6 Å². The molecular weight excluding hydrogens is 402 g/mol. The van der Waals surface area contributed by atoms with E-state index in [9.17, 15) is 4.79 Å². The molecule has 1 N–H and O–H groups in total. The Hall–Kier alpha value is -3.52. The molecule has 1 aliphatic heterocycles. The molecule has 8 nitrogen and oxygen atoms in total. The van der Waals surface area contributed by atoms with Crippen LogP contribution in [0.1, 0.15) is 16.8 Å². The lowest BCUT2D eigenvalue weighted by molar-refractivity contribution is 0.686. The van der Waals surface area contributed by atoms with E-state index >= 15 is 0 Å². The lowest BCUT2D eigenvalue weighted by atomic mass is 10.0. The van der Waals surface area contributed by atoms with Gasteiger partial charge in [-0.2, -0.15) is 4.52 Å². The molecule has 0 unspecified atom stereocenters. The molecule has 0 amide bonds. The van der Waals surface area contributed by atoms with Crippen molar-refractivity contribution in [3.8, 4) is 0 Å². The fourth-order valence-electron chi connectivity index (χ4n) is 3.66. The molecule has 9 heteroatoms. The molecule has 0 bridgehead atoms. The van der Waals surface area contributed by atoms with E-state index in [0.717, 1.165) is 47.0 Å². The number of rotatable bonds is 3. The molecule has 5 rings (SSSR count). The second kappa shape index (κ2) is 7.38. The number of aryl methyl sites for hydroxylation is 1. The third kappa shape index (κ3) is 3.35. The quantitative estimate of drug-likeness (QED) is 0.545. The van der Waals surface area contributed by atoms with E-state index in [1.165, 1.54) is 16.8 Å². The Morgan fingerprint density at radius 1 is 1.13 bits per heavy atom. The predicted molar refractivity (Wildman–Crippen MR) is 116 cm³/mol. The standard InChI is InChI=1S/C21H18ClN7O/c1-13-8-19-24-6-3-20(30)29(19)27-21(13)28-7-4-17-14(12-28)9-15(10-25-17)26-18-11-23-5-2-16(18)22/h2-3,5-6,8-11,26H,4,7,12H2,1H3. The van der Waals surface area contributed by atoms with Crippen LogP contribution in [0.3, 0.4) is 0 Å². The summed E-state index contributed by atoms with van der Waals surface area (Å²) in [5, 5.41) is 8.45. The molecule has 5 heterocycles. The summed E-state index contributed by atoms with van der Waals surface area (Å²) in [5.41, 5.74) is 5.06. The molecule has 0 saturated heterocycles. The van der Waals surface area contributed by atoms with Crippen molar-refractivity contribution in [2.24, 2.45) is 0 Å². The van der Waals surface area contributed by atoms with E-state index in [4.69, 9.17) is 11.6 Å². The highest BCUT2D eigenvalue weighted by atomic mass is 35.5. The van der Waals surface area contributed by atoms with E-state index in [-0.39, 0.29) is 5.56 Å². The third-order valence-corrected chi connectivity index (χ3v) is 5.46. The van der Waals surface area contributed by atoms with Crippen LogP contribution in [0.5, 0.6) is 0 Å². The highest BCUT2D eigenvalue weighted by Crippen LogP contribution is 2.28. The van der Waals surface area contributed by atoms with Gasteiger partial charge in [-0.3, -0.25) is 14.8 Å². The number of nitrogens with one attached hydrogen (secondary N) is 1. The third-order valence-electron chi connectivity index (χ3n) is 5.13. The zero-order chi connectivity index (χ0) is 20.7. The van der Waals surface area contributed by atoms with Crippen LogP contribution in [0.4, 0.5) is 17.2 Å². The number of hydrogen-bond acceptors (Lipinski definition) is 7. The maximum absolute atomic E-state index is 12.2. The summed E-state index contributed by atoms with van der Waals surface area (Å²) in [5.74, 6) is 0.775. The number of hydrogen-bond donors (Lipinski definition) is 1. The minimum absolute atomic E-state index is 0.194. The van der Waals surface area contributed by atoms with Gasteiger partial charge in [-0.1, -0.05) is 11.6 Å². The van der Waals surface area contributed by atoms with Gasteiger partial charge >= 0.3 is 0 Å². The van der Waals surface area contributed by atoms with Crippen molar-refractivity contribution in [2.45, 2.75) is 19.9 Å². The summed E-state index contributed by atoms with van der Waals surface area (Å²) < 4.78 is 1.35. The number of pyridine rings is 2. The first-order valence-corrected chi connectivity index (χ1v) is 9.91. The summed E-state index contributed by atoms with van der Waals surface area (Å²) in [6.07, 6.45) is 7.44. The molecule has 150 valence electrons. The molecule has 30 heavy (non-hydrogen) atoms. The van der Waals surface area contributed by atoms with Crippen molar-refractivity contribution in [2.75, 3.05) is 16.8 Å². The van der Waals surface area contributed by atoms with E-state index in [1.54, 1.807) is 18.5 Å². The first-order chi connectivity index (χ1) is 14.6. The lowest BCUT2D eigenvalue weighted by Gasteiger charge is -2.30. The maximum Gasteiger partial charge on any atom is 0.274 e. The fraction of sp³-hybridized carbons (Fsp3) is 0.190. The Kier molecular flexibility index (Phi) is 4.55. The zero-order valence-corrected chi connectivity index (χ0v) is 17.0. The van der Waals surface area contributed by atoms with Crippen molar-refractivity contribution in [1.29, 1.82) is 0 Å². The number of fused-ring (bicyclic) bond motifs is 2. The highest BCUT2D eigenvalue weighted by molar-refractivity contribution is 6.33. The van der Waals surface area contributed by atoms with Gasteiger partial charge < -0.3 is 10.2 Å². The second-order valence-electron chi connectivity index (χ2n) is 7.19. The zero-order valence-electron chi connectivity index (χ0n) is 16.2. The first kappa shape index (κ1) is 18.5. The van der Waals surface area contributed by atoms with Crippen LogP contribution >= 0.6 is 11.6 Å². The Bertz CT molecular complexity index is 1320. The van der Waals surface area contributed by atoms with Crippen molar-refractivity contribution in [3.05, 3.63) is 81.3 Å². The number of halogens is 1. The molecule has 0 atom stereocenters. The summed E-state index contributed by atoms with van der Waals surface area (Å²) in [7, 11) is 0. The van der Waals surface area contributed by atoms with Gasteiger partial charge in [0, 0.05) is 43.7 Å². The largest absolute Gasteiger partial charge is 0.352 e. The molecule has 4 aromatic heterocycles. The van der Waals surface area contributed by atoms with Gasteiger partial charge in [-0.15, -0.1) is 5.10 Å². The van der Waals surface area contributed by atoms with E-state index in [0.29, 0.717) is 17.2 Å². The maximum atomic E-state index is 12.2. The minimum atomic E-state index is -0.194. The van der Waals surface area contributed by atoms with Gasteiger partial charge in [0.15, 0.2) is 11.5 Å². The van der Waals surface area contributed by atoms with Crippen LogP contribution in [-0.2, 0) is 13.0 Å². The lowest BCUT2D eigenvalue weighted by Crippen LogP contribution is -2.33. The smallest absolute Gasteiger partial charge is 0.274 e. The first-order valence-electron chi connectivity index (χ1n) is 9.53. The average molecular weight is 420 g/mol. The summed E-state index contributed by atoms with van der Waals surface area (Å²) >= 11 is 6.23. The second-order valence-corrected chi connectivity index (χ2v) is 7.59. The van der Waals surface area contributed by atoms with Crippen molar-refractivity contribution in [3.63, 3.8) is 0 Å². The molecule has 1 aliphatic rings. The van der Waals surface area contributed by atoms with Gasteiger partial charge in [0.2, 0.25) is 0 Å². The Labute approximate surface area is 177 Å². The van der Waals surface area contributed by atoms with Gasteiger partial charge in [0.05, 0.1) is 28.8 Å². The summed E-state index contributed by atoms with van der Waals surface area (Å²) in [4.78, 5) is 27.3. The Balaban J connectivity index is 1.47. The van der Waals surface area contributed by atoms with Crippen LogP contribution < -0.4 is 15.8 Å². The molecule has 0 fully saturated rings. The fourth-order valence-corrected chi connectivity index (χ4v) is 3.81. The molecule has 0 saturated carbocycles. The Morgan fingerprint density at radius 3 is 2.90 bits per heavy atom. The molecule has 4 aromatic rings. The Morgan fingerprint density at radius 2 is 2.03 bits per heavy atom. The predicted octanol–water partition coefficient (Wildman–Crippen LogP) is 3.15. The van der Waals surface area contributed by atoms with Crippen LogP contribution in [0.2, 0.25) is 5.02 Å². The highest BCUT2D eigenvalue weighted by Gasteiger charge is 2.21.